The van der Waals surface area contributed by atoms with Crippen LogP contribution in [-0.2, 0) is 38.4 Å². The van der Waals surface area contributed by atoms with Crippen LogP contribution in [0.15, 0.2) is 34.3 Å². The van der Waals surface area contributed by atoms with Crippen molar-refractivity contribution in [1.29, 1.82) is 0 Å². The number of hydrogen-bond donors (Lipinski definition) is 0. The molecule has 2 aromatic rings. The molecule has 0 aromatic heterocycles. The van der Waals surface area contributed by atoms with Gasteiger partial charge in [-0.25, -0.2) is 0 Å². The minimum absolute atomic E-state index is 0. The van der Waals surface area contributed by atoms with E-state index >= 15 is 0 Å². The summed E-state index contributed by atoms with van der Waals surface area (Å²) in [7, 11) is 0. The summed E-state index contributed by atoms with van der Waals surface area (Å²) in [5.74, 6) is 0.120. The van der Waals surface area contributed by atoms with Gasteiger partial charge in [-0.15, -0.1) is 0 Å². The third kappa shape index (κ3) is 8.70. The van der Waals surface area contributed by atoms with Crippen LogP contribution in [0, 0.1) is 0 Å². The second-order valence-corrected chi connectivity index (χ2v) is 15.9. The van der Waals surface area contributed by atoms with Crippen LogP contribution in [0.1, 0.15) is 142 Å². The Morgan fingerprint density at radius 2 is 0.878 bits per heavy atom. The largest absolute Gasteiger partial charge is 0.872 e. The second kappa shape index (κ2) is 12.6. The van der Waals surface area contributed by atoms with Crippen molar-refractivity contribution in [3.05, 3.63) is 57.6 Å². The first kappa shape index (κ1) is 35.1. The number of hydrogen-bond acceptors (Lipinski definition) is 4. The maximum atomic E-state index is 13.5. The van der Waals surface area contributed by atoms with E-state index in [0.717, 1.165) is 47.9 Å². The molecule has 0 bridgehead atoms. The average molecular weight is 604 g/mol. The molecule has 5 heteroatoms. The fourth-order valence-corrected chi connectivity index (χ4v) is 5.27. The van der Waals surface area contributed by atoms with Crippen LogP contribution in [0.25, 0.3) is 0 Å². The van der Waals surface area contributed by atoms with E-state index < -0.39 is 0 Å². The van der Waals surface area contributed by atoms with Crippen LogP contribution >= 0.6 is 0 Å². The van der Waals surface area contributed by atoms with Crippen molar-refractivity contribution >= 4 is 12.4 Å². The Kier molecular flexibility index (Phi) is 10.8. The van der Waals surface area contributed by atoms with Gasteiger partial charge in [0.25, 0.3) is 0 Å². The molecule has 4 nitrogen and oxygen atoms in total. The Labute approximate surface area is 260 Å². The topological polar surface area (TPSA) is 70.8 Å². The predicted molar refractivity (Wildman–Crippen MR) is 168 cm³/mol. The van der Waals surface area contributed by atoms with Gasteiger partial charge in [0.05, 0.1) is 12.1 Å². The molecule has 2 atom stereocenters. The first-order valence-electron chi connectivity index (χ1n) is 15.0. The van der Waals surface area contributed by atoms with E-state index in [1.807, 2.05) is 12.1 Å². The maximum absolute atomic E-state index is 13.5. The molecule has 1 saturated carbocycles. The molecule has 0 spiro atoms. The molecule has 1 aliphatic rings. The summed E-state index contributed by atoms with van der Waals surface area (Å²) in [6.07, 6.45) is 7.63. The third-order valence-electron chi connectivity index (χ3n) is 8.09. The molecule has 41 heavy (non-hydrogen) atoms. The molecule has 0 N–H and O–H groups in total. The quantitative estimate of drug-likeness (QED) is 0.334. The van der Waals surface area contributed by atoms with Gasteiger partial charge < -0.3 is 10.2 Å². The number of rotatable bonds is 4. The molecule has 1 fully saturated rings. The summed E-state index contributed by atoms with van der Waals surface area (Å²) in [5.41, 5.74) is 4.62. The van der Waals surface area contributed by atoms with Crippen molar-refractivity contribution in [1.82, 2.24) is 0 Å². The van der Waals surface area contributed by atoms with Crippen LogP contribution in [0.3, 0.4) is 0 Å². The van der Waals surface area contributed by atoms with E-state index in [2.05, 4.69) is 95.2 Å². The molecular formula is C36H52CoN2O2-2. The van der Waals surface area contributed by atoms with Gasteiger partial charge in [-0.3, -0.25) is 9.98 Å². The summed E-state index contributed by atoms with van der Waals surface area (Å²) in [5, 5.41) is 26.9. The summed E-state index contributed by atoms with van der Waals surface area (Å²) in [4.78, 5) is 9.95. The zero-order valence-corrected chi connectivity index (χ0v) is 28.5. The van der Waals surface area contributed by atoms with Crippen molar-refractivity contribution in [2.24, 2.45) is 9.98 Å². The summed E-state index contributed by atoms with van der Waals surface area (Å²) >= 11 is 0. The van der Waals surface area contributed by atoms with Crippen molar-refractivity contribution in [3.63, 3.8) is 0 Å². The number of aliphatic imine (C=N–C) groups is 2. The molecule has 0 aliphatic heterocycles. The van der Waals surface area contributed by atoms with Gasteiger partial charge >= 0.3 is 0 Å². The van der Waals surface area contributed by atoms with Crippen molar-refractivity contribution < 1.29 is 27.0 Å². The molecule has 0 saturated heterocycles. The van der Waals surface area contributed by atoms with Gasteiger partial charge in [0.2, 0.25) is 0 Å². The SMILES string of the molecule is CC(C)(C)c1cc(C=N[C@H]2CCCC[C@@H]2N=Cc2cc(C(C)(C)C)cc(C(C)(C)C)c2[O-])c([O-])c(C(C)(C)C)c1.[Co]. The number of nitrogens with zero attached hydrogens (tertiary/aromatic N) is 2. The Bertz CT molecular complexity index is 1170. The maximum Gasteiger partial charge on any atom is 0.0723 e. The van der Waals surface area contributed by atoms with Crippen LogP contribution in [0.5, 0.6) is 11.5 Å². The first-order chi connectivity index (χ1) is 18.2. The van der Waals surface area contributed by atoms with Crippen molar-refractivity contribution in [2.75, 3.05) is 0 Å². The summed E-state index contributed by atoms with van der Waals surface area (Å²) in [6, 6.07) is 8.15. The van der Waals surface area contributed by atoms with Crippen LogP contribution in [-0.4, -0.2) is 24.5 Å². The fraction of sp³-hybridized carbons (Fsp3) is 0.611. The zero-order valence-electron chi connectivity index (χ0n) is 27.5. The van der Waals surface area contributed by atoms with Crippen LogP contribution in [0.2, 0.25) is 0 Å². The standard InChI is InChI=1S/C36H54N2O2.Co/c1-33(2,3)25-17-23(31(39)27(19-25)35(7,8)9)21-37-29-15-13-14-16-30(29)38-22-24-18-26(34(4,5)6)20-28(32(24)40)36(10,11)12;/h17-22,29-30,39-40H,13-16H2,1-12H3;/p-2/t29-,30-;/m0./s1. The Morgan fingerprint density at radius 3 is 1.15 bits per heavy atom. The van der Waals surface area contributed by atoms with Gasteiger partial charge in [0.1, 0.15) is 0 Å². The molecular weight excluding hydrogens is 551 g/mol. The molecule has 1 aliphatic carbocycles. The van der Waals surface area contributed by atoms with Crippen LogP contribution < -0.4 is 10.2 Å². The van der Waals surface area contributed by atoms with Gasteiger partial charge in [-0.2, -0.15) is 0 Å². The average Bonchev–Trinajstić information content (AvgIpc) is 2.80. The molecule has 0 unspecified atom stereocenters. The Hall–Kier alpha value is -2.11. The molecule has 3 rings (SSSR count). The van der Waals surface area contributed by atoms with Crippen LogP contribution in [0.4, 0.5) is 0 Å². The van der Waals surface area contributed by atoms with E-state index in [0.29, 0.717) is 11.1 Å². The predicted octanol–water partition coefficient (Wildman–Crippen LogP) is 7.87. The molecule has 2 aromatic carbocycles. The van der Waals surface area contributed by atoms with Gasteiger partial charge in [-0.05, 0) is 67.9 Å². The summed E-state index contributed by atoms with van der Waals surface area (Å²) < 4.78 is 0. The second-order valence-electron chi connectivity index (χ2n) is 15.9. The van der Waals surface area contributed by atoms with E-state index in [1.54, 1.807) is 12.4 Å². The van der Waals surface area contributed by atoms with E-state index in [9.17, 15) is 10.2 Å². The molecule has 1 radical (unpaired) electrons. The monoisotopic (exact) mass is 603 g/mol. The zero-order chi connectivity index (χ0) is 30.3. The molecule has 0 heterocycles. The minimum Gasteiger partial charge on any atom is -0.872 e. The van der Waals surface area contributed by atoms with E-state index in [-0.39, 0.29) is 62.0 Å². The fourth-order valence-electron chi connectivity index (χ4n) is 5.27. The van der Waals surface area contributed by atoms with E-state index in [4.69, 9.17) is 9.98 Å². The third-order valence-corrected chi connectivity index (χ3v) is 8.09. The molecule has 0 amide bonds. The van der Waals surface area contributed by atoms with Gasteiger partial charge in [0.15, 0.2) is 0 Å². The van der Waals surface area contributed by atoms with Crippen molar-refractivity contribution in [2.45, 2.75) is 143 Å². The minimum atomic E-state index is -0.248. The molecule has 229 valence electrons. The Morgan fingerprint density at radius 1 is 0.561 bits per heavy atom. The number of benzene rings is 2. The van der Waals surface area contributed by atoms with Gasteiger partial charge in [0, 0.05) is 29.2 Å². The van der Waals surface area contributed by atoms with E-state index in [1.165, 1.54) is 0 Å². The normalized spacial score (nSPS) is 19.1. The first-order valence-corrected chi connectivity index (χ1v) is 15.0. The van der Waals surface area contributed by atoms with Crippen molar-refractivity contribution in [3.8, 4) is 11.5 Å². The Balaban J connectivity index is 0.00000588. The van der Waals surface area contributed by atoms with Gasteiger partial charge in [-0.1, -0.05) is 132 Å². The smallest absolute Gasteiger partial charge is 0.0723 e. The summed E-state index contributed by atoms with van der Waals surface area (Å²) in [6.45, 7) is 25.6.